The summed E-state index contributed by atoms with van der Waals surface area (Å²) in [5.74, 6) is 0.703. The number of hydrogen-bond donors (Lipinski definition) is 0. The van der Waals surface area contributed by atoms with Crippen molar-refractivity contribution in [2.24, 2.45) is 5.11 Å². The predicted octanol–water partition coefficient (Wildman–Crippen LogP) is 5.57. The third-order valence-electron chi connectivity index (χ3n) is 3.51. The van der Waals surface area contributed by atoms with E-state index in [2.05, 4.69) is 15.0 Å². The van der Waals surface area contributed by atoms with Crippen LogP contribution in [0.4, 0.5) is 0 Å². The molecule has 25 heavy (non-hydrogen) atoms. The van der Waals surface area contributed by atoms with Gasteiger partial charge in [0.25, 0.3) is 0 Å². The number of benzene rings is 2. The Morgan fingerprint density at radius 1 is 1.12 bits per heavy atom. The highest BCUT2D eigenvalue weighted by Gasteiger charge is 2.07. The maximum atomic E-state index is 8.34. The van der Waals surface area contributed by atoms with Crippen molar-refractivity contribution in [1.82, 2.24) is 9.55 Å². The SMILES string of the molecule is [N-]=[N+]=NCc1cn(-c2ccc(OCc3c(Cl)cccc3Cl)cc2)cn1. The van der Waals surface area contributed by atoms with E-state index in [1.54, 1.807) is 24.5 Å². The van der Waals surface area contributed by atoms with Gasteiger partial charge in [-0.25, -0.2) is 4.98 Å². The van der Waals surface area contributed by atoms with Crippen LogP contribution in [0.5, 0.6) is 5.75 Å². The van der Waals surface area contributed by atoms with Crippen LogP contribution < -0.4 is 4.74 Å². The first-order valence-electron chi connectivity index (χ1n) is 7.37. The summed E-state index contributed by atoms with van der Waals surface area (Å²) in [6.45, 7) is 0.516. The molecule has 0 saturated heterocycles. The number of nitrogens with zero attached hydrogens (tertiary/aromatic N) is 5. The lowest BCUT2D eigenvalue weighted by Crippen LogP contribution is -1.98. The van der Waals surface area contributed by atoms with E-state index in [1.807, 2.05) is 35.0 Å². The summed E-state index contributed by atoms with van der Waals surface area (Å²) in [6, 6.07) is 12.9. The maximum absolute atomic E-state index is 8.34. The van der Waals surface area contributed by atoms with Crippen LogP contribution in [-0.2, 0) is 13.2 Å². The van der Waals surface area contributed by atoms with Gasteiger partial charge in [-0.1, -0.05) is 34.4 Å². The molecule has 1 heterocycles. The highest BCUT2D eigenvalue weighted by molar-refractivity contribution is 6.35. The van der Waals surface area contributed by atoms with Crippen molar-refractivity contribution in [3.8, 4) is 11.4 Å². The second kappa shape index (κ2) is 7.94. The van der Waals surface area contributed by atoms with Gasteiger partial charge in [-0.2, -0.15) is 0 Å². The summed E-state index contributed by atoms with van der Waals surface area (Å²) in [4.78, 5) is 6.91. The van der Waals surface area contributed by atoms with Gasteiger partial charge in [0.15, 0.2) is 0 Å². The highest BCUT2D eigenvalue weighted by atomic mass is 35.5. The molecule has 1 aromatic heterocycles. The first kappa shape index (κ1) is 17.2. The Morgan fingerprint density at radius 3 is 2.52 bits per heavy atom. The average Bonchev–Trinajstić information content (AvgIpc) is 3.09. The first-order valence-corrected chi connectivity index (χ1v) is 8.13. The molecule has 0 bridgehead atoms. The summed E-state index contributed by atoms with van der Waals surface area (Å²) < 4.78 is 7.60. The Hall–Kier alpha value is -2.66. The second-order valence-electron chi connectivity index (χ2n) is 5.14. The summed E-state index contributed by atoms with van der Waals surface area (Å²) in [5, 5.41) is 4.65. The fraction of sp³-hybridized carbons (Fsp3) is 0.118. The molecule has 0 N–H and O–H groups in total. The number of halogens is 2. The van der Waals surface area contributed by atoms with E-state index in [0.29, 0.717) is 28.1 Å². The summed E-state index contributed by atoms with van der Waals surface area (Å²) >= 11 is 12.3. The molecule has 3 rings (SSSR count). The van der Waals surface area contributed by atoms with Crippen LogP contribution in [0.2, 0.25) is 10.0 Å². The van der Waals surface area contributed by atoms with E-state index < -0.39 is 0 Å². The van der Waals surface area contributed by atoms with Gasteiger partial charge >= 0.3 is 0 Å². The molecule has 0 radical (unpaired) electrons. The minimum atomic E-state index is 0.225. The number of hydrogen-bond acceptors (Lipinski definition) is 3. The molecular weight excluding hydrogens is 361 g/mol. The normalized spacial score (nSPS) is 10.3. The number of ether oxygens (including phenoxy) is 1. The van der Waals surface area contributed by atoms with Gasteiger partial charge in [0.05, 0.1) is 18.6 Å². The molecule has 0 aliphatic heterocycles. The van der Waals surface area contributed by atoms with Crippen molar-refractivity contribution in [3.63, 3.8) is 0 Å². The molecule has 6 nitrogen and oxygen atoms in total. The predicted molar refractivity (Wildman–Crippen MR) is 97.2 cm³/mol. The number of imidazole rings is 1. The van der Waals surface area contributed by atoms with E-state index in [0.717, 1.165) is 11.3 Å². The average molecular weight is 374 g/mol. The van der Waals surface area contributed by atoms with Gasteiger partial charge < -0.3 is 9.30 Å². The molecule has 2 aromatic carbocycles. The smallest absolute Gasteiger partial charge is 0.119 e. The van der Waals surface area contributed by atoms with Crippen LogP contribution in [0.1, 0.15) is 11.3 Å². The van der Waals surface area contributed by atoms with Crippen LogP contribution >= 0.6 is 23.2 Å². The fourth-order valence-corrected chi connectivity index (χ4v) is 2.74. The van der Waals surface area contributed by atoms with E-state index in [1.165, 1.54) is 0 Å². The third kappa shape index (κ3) is 4.25. The molecule has 0 fully saturated rings. The van der Waals surface area contributed by atoms with Crippen molar-refractivity contribution in [1.29, 1.82) is 0 Å². The second-order valence-corrected chi connectivity index (χ2v) is 5.96. The van der Waals surface area contributed by atoms with Crippen molar-refractivity contribution < 1.29 is 4.74 Å². The van der Waals surface area contributed by atoms with Gasteiger partial charge in [0.2, 0.25) is 0 Å². The molecule has 0 aliphatic rings. The van der Waals surface area contributed by atoms with E-state index in [-0.39, 0.29) is 6.54 Å². The number of azide groups is 1. The molecule has 0 aliphatic carbocycles. The number of rotatable bonds is 6. The Labute approximate surface area is 154 Å². The van der Waals surface area contributed by atoms with Gasteiger partial charge in [-0.15, -0.1) is 0 Å². The minimum absolute atomic E-state index is 0.225. The Morgan fingerprint density at radius 2 is 1.84 bits per heavy atom. The Balaban J connectivity index is 1.68. The summed E-state index contributed by atoms with van der Waals surface area (Å²) in [7, 11) is 0. The highest BCUT2D eigenvalue weighted by Crippen LogP contribution is 2.26. The quantitative estimate of drug-likeness (QED) is 0.321. The largest absolute Gasteiger partial charge is 0.489 e. The van der Waals surface area contributed by atoms with E-state index in [4.69, 9.17) is 33.5 Å². The summed E-state index contributed by atoms with van der Waals surface area (Å²) in [5.41, 5.74) is 10.7. The van der Waals surface area contributed by atoms with Gasteiger partial charge in [0.1, 0.15) is 12.4 Å². The van der Waals surface area contributed by atoms with Crippen LogP contribution in [0.15, 0.2) is 60.1 Å². The lowest BCUT2D eigenvalue weighted by atomic mass is 10.2. The molecule has 0 unspecified atom stereocenters. The molecule has 8 heteroatoms. The first-order chi connectivity index (χ1) is 12.2. The summed E-state index contributed by atoms with van der Waals surface area (Å²) in [6.07, 6.45) is 3.48. The monoisotopic (exact) mass is 373 g/mol. The zero-order valence-electron chi connectivity index (χ0n) is 13.0. The third-order valence-corrected chi connectivity index (χ3v) is 4.22. The molecule has 126 valence electrons. The molecule has 0 saturated carbocycles. The van der Waals surface area contributed by atoms with Gasteiger partial charge in [-0.05, 0) is 41.9 Å². The van der Waals surface area contributed by atoms with Crippen molar-refractivity contribution in [2.75, 3.05) is 0 Å². The zero-order valence-corrected chi connectivity index (χ0v) is 14.5. The lowest BCUT2D eigenvalue weighted by Gasteiger charge is -2.10. The topological polar surface area (TPSA) is 75.8 Å². The molecule has 3 aromatic rings. The maximum Gasteiger partial charge on any atom is 0.119 e. The number of aromatic nitrogens is 2. The fourth-order valence-electron chi connectivity index (χ4n) is 2.23. The Kier molecular flexibility index (Phi) is 5.46. The minimum Gasteiger partial charge on any atom is -0.489 e. The Bertz CT molecular complexity index is 897. The van der Waals surface area contributed by atoms with Crippen molar-refractivity contribution in [2.45, 2.75) is 13.2 Å². The van der Waals surface area contributed by atoms with Crippen LogP contribution in [0.25, 0.3) is 16.1 Å². The van der Waals surface area contributed by atoms with E-state index in [9.17, 15) is 0 Å². The van der Waals surface area contributed by atoms with Gasteiger partial charge in [0, 0.05) is 32.4 Å². The molecular formula is C17H13Cl2N5O. The molecule has 0 atom stereocenters. The van der Waals surface area contributed by atoms with Crippen LogP contribution in [0.3, 0.4) is 0 Å². The van der Waals surface area contributed by atoms with Crippen LogP contribution in [-0.4, -0.2) is 9.55 Å². The van der Waals surface area contributed by atoms with Crippen molar-refractivity contribution in [3.05, 3.63) is 86.7 Å². The van der Waals surface area contributed by atoms with E-state index >= 15 is 0 Å². The zero-order chi connectivity index (χ0) is 17.6. The molecule has 0 spiro atoms. The standard InChI is InChI=1S/C17H13Cl2N5O/c18-16-2-1-3-17(19)15(16)10-25-14-6-4-13(5-7-14)24-9-12(21-11-24)8-22-23-20/h1-7,9,11H,8,10H2. The van der Waals surface area contributed by atoms with Crippen molar-refractivity contribution >= 4 is 23.2 Å². The lowest BCUT2D eigenvalue weighted by molar-refractivity contribution is 0.306. The van der Waals surface area contributed by atoms with Gasteiger partial charge in [-0.3, -0.25) is 0 Å². The van der Waals surface area contributed by atoms with Crippen LogP contribution in [0, 0.1) is 0 Å². The molecule has 0 amide bonds.